The molecule has 1 aromatic rings. The van der Waals surface area contributed by atoms with Crippen molar-refractivity contribution in [3.8, 4) is 17.6 Å². The zero-order chi connectivity index (χ0) is 15.2. The summed E-state index contributed by atoms with van der Waals surface area (Å²) in [4.78, 5) is 2.33. The van der Waals surface area contributed by atoms with Gasteiger partial charge < -0.3 is 14.8 Å². The average molecular weight is 289 g/mol. The van der Waals surface area contributed by atoms with Gasteiger partial charge in [-0.2, -0.15) is 5.26 Å². The Morgan fingerprint density at radius 3 is 2.29 bits per heavy atom. The minimum Gasteiger partial charge on any atom is -0.496 e. The fourth-order valence-electron chi connectivity index (χ4n) is 2.89. The van der Waals surface area contributed by atoms with Crippen molar-refractivity contribution >= 4 is 0 Å². The minimum atomic E-state index is 0.00241. The molecular weight excluding hydrogens is 266 g/mol. The molecular formula is C16H23N3O2. The van der Waals surface area contributed by atoms with Crippen LogP contribution < -0.4 is 14.8 Å². The Balaban J connectivity index is 2.45. The maximum atomic E-state index is 9.24. The molecule has 1 fully saturated rings. The lowest BCUT2D eigenvalue weighted by atomic mass is 9.97. The Morgan fingerprint density at radius 2 is 1.81 bits per heavy atom. The number of nitrogens with zero attached hydrogens (tertiary/aromatic N) is 2. The number of methoxy groups -OCH3 is 2. The van der Waals surface area contributed by atoms with Crippen molar-refractivity contribution < 1.29 is 9.47 Å². The first-order chi connectivity index (χ1) is 10.2. The molecule has 5 nitrogen and oxygen atoms in total. The zero-order valence-electron chi connectivity index (χ0n) is 13.0. The molecule has 1 saturated heterocycles. The predicted molar refractivity (Wildman–Crippen MR) is 81.7 cm³/mol. The molecule has 0 spiro atoms. The summed E-state index contributed by atoms with van der Waals surface area (Å²) in [5.41, 5.74) is 2.07. The van der Waals surface area contributed by atoms with Crippen LogP contribution in [0.1, 0.15) is 23.6 Å². The summed E-state index contributed by atoms with van der Waals surface area (Å²) in [6.07, 6.45) is 0.426. The lowest BCUT2D eigenvalue weighted by molar-refractivity contribution is 0.169. The molecule has 114 valence electrons. The van der Waals surface area contributed by atoms with Crippen LogP contribution in [0.2, 0.25) is 0 Å². The van der Waals surface area contributed by atoms with E-state index in [1.54, 1.807) is 14.2 Å². The molecule has 1 aliphatic rings. The van der Waals surface area contributed by atoms with Gasteiger partial charge in [0, 0.05) is 26.2 Å². The van der Waals surface area contributed by atoms with Gasteiger partial charge in [-0.1, -0.05) is 0 Å². The Bertz CT molecular complexity index is 494. The maximum Gasteiger partial charge on any atom is 0.127 e. The first-order valence-corrected chi connectivity index (χ1v) is 7.25. The van der Waals surface area contributed by atoms with Crippen LogP contribution in [-0.4, -0.2) is 45.3 Å². The van der Waals surface area contributed by atoms with E-state index in [0.717, 1.165) is 48.8 Å². The first kappa shape index (κ1) is 15.6. The molecule has 21 heavy (non-hydrogen) atoms. The van der Waals surface area contributed by atoms with Gasteiger partial charge in [-0.05, 0) is 24.6 Å². The average Bonchev–Trinajstić information content (AvgIpc) is 2.53. The molecule has 0 saturated carbocycles. The molecule has 0 aliphatic carbocycles. The summed E-state index contributed by atoms with van der Waals surface area (Å²) >= 11 is 0. The first-order valence-electron chi connectivity index (χ1n) is 7.25. The van der Waals surface area contributed by atoms with Crippen molar-refractivity contribution in [1.82, 2.24) is 10.2 Å². The van der Waals surface area contributed by atoms with E-state index in [-0.39, 0.29) is 6.04 Å². The van der Waals surface area contributed by atoms with Crippen molar-refractivity contribution in [3.63, 3.8) is 0 Å². The summed E-state index contributed by atoms with van der Waals surface area (Å²) in [5, 5.41) is 12.6. The van der Waals surface area contributed by atoms with Gasteiger partial charge in [-0.25, -0.2) is 0 Å². The van der Waals surface area contributed by atoms with E-state index in [0.29, 0.717) is 6.42 Å². The summed E-state index contributed by atoms with van der Waals surface area (Å²) in [6.45, 7) is 5.74. The highest BCUT2D eigenvalue weighted by Gasteiger charge is 2.28. The number of ether oxygens (including phenoxy) is 2. The largest absolute Gasteiger partial charge is 0.496 e. The van der Waals surface area contributed by atoms with E-state index in [1.165, 1.54) is 0 Å². The van der Waals surface area contributed by atoms with E-state index in [9.17, 15) is 5.26 Å². The van der Waals surface area contributed by atoms with Gasteiger partial charge in [0.2, 0.25) is 0 Å². The highest BCUT2D eigenvalue weighted by Crippen LogP contribution is 2.39. The van der Waals surface area contributed by atoms with Crippen molar-refractivity contribution in [2.24, 2.45) is 0 Å². The fraction of sp³-hybridized carbons (Fsp3) is 0.562. The summed E-state index contributed by atoms with van der Waals surface area (Å²) in [6, 6.07) is 6.32. The molecule has 1 aliphatic heterocycles. The molecule has 1 N–H and O–H groups in total. The highest BCUT2D eigenvalue weighted by molar-refractivity contribution is 5.50. The lowest BCUT2D eigenvalue weighted by Gasteiger charge is -2.35. The third kappa shape index (κ3) is 3.46. The number of nitrogens with one attached hydrogen (secondary N) is 1. The van der Waals surface area contributed by atoms with Crippen molar-refractivity contribution in [2.75, 3.05) is 40.4 Å². The Morgan fingerprint density at radius 1 is 1.24 bits per heavy atom. The molecule has 1 heterocycles. The van der Waals surface area contributed by atoms with Crippen LogP contribution in [0, 0.1) is 18.3 Å². The van der Waals surface area contributed by atoms with Gasteiger partial charge in [0.25, 0.3) is 0 Å². The molecule has 5 heteroatoms. The minimum absolute atomic E-state index is 0.00241. The fourth-order valence-corrected chi connectivity index (χ4v) is 2.89. The summed E-state index contributed by atoms with van der Waals surface area (Å²) < 4.78 is 11.1. The Kier molecular flexibility index (Phi) is 5.43. The van der Waals surface area contributed by atoms with Crippen molar-refractivity contribution in [2.45, 2.75) is 19.4 Å². The molecule has 0 bridgehead atoms. The molecule has 1 aromatic carbocycles. The van der Waals surface area contributed by atoms with Crippen LogP contribution in [0.25, 0.3) is 0 Å². The van der Waals surface area contributed by atoms with E-state index in [1.807, 2.05) is 19.1 Å². The molecule has 0 aromatic heterocycles. The van der Waals surface area contributed by atoms with Gasteiger partial charge in [0.1, 0.15) is 11.5 Å². The summed E-state index contributed by atoms with van der Waals surface area (Å²) in [7, 11) is 3.33. The smallest absolute Gasteiger partial charge is 0.127 e. The van der Waals surface area contributed by atoms with Crippen LogP contribution in [0.15, 0.2) is 12.1 Å². The van der Waals surface area contributed by atoms with E-state index < -0.39 is 0 Å². The predicted octanol–water partition coefficient (Wildman–Crippen LogP) is 1.87. The van der Waals surface area contributed by atoms with Crippen LogP contribution in [0.4, 0.5) is 0 Å². The van der Waals surface area contributed by atoms with Crippen molar-refractivity contribution in [1.29, 1.82) is 5.26 Å². The topological polar surface area (TPSA) is 57.5 Å². The summed E-state index contributed by atoms with van der Waals surface area (Å²) in [5.74, 6) is 1.59. The zero-order valence-corrected chi connectivity index (χ0v) is 13.0. The second-order valence-electron chi connectivity index (χ2n) is 5.25. The molecule has 0 radical (unpaired) electrons. The van der Waals surface area contributed by atoms with Gasteiger partial charge in [-0.15, -0.1) is 0 Å². The van der Waals surface area contributed by atoms with Gasteiger partial charge in [0.15, 0.2) is 0 Å². The third-order valence-corrected chi connectivity index (χ3v) is 3.90. The Labute approximate surface area is 126 Å². The maximum absolute atomic E-state index is 9.24. The molecule has 1 atom stereocenters. The second-order valence-corrected chi connectivity index (χ2v) is 5.25. The number of hydrogen-bond donors (Lipinski definition) is 1. The third-order valence-electron chi connectivity index (χ3n) is 3.90. The van der Waals surface area contributed by atoms with Gasteiger partial charge in [-0.3, -0.25) is 4.90 Å². The number of hydrogen-bond acceptors (Lipinski definition) is 5. The quantitative estimate of drug-likeness (QED) is 0.897. The molecule has 2 rings (SSSR count). The van der Waals surface area contributed by atoms with Crippen LogP contribution >= 0.6 is 0 Å². The highest BCUT2D eigenvalue weighted by atomic mass is 16.5. The van der Waals surface area contributed by atoms with Crippen LogP contribution in [-0.2, 0) is 0 Å². The van der Waals surface area contributed by atoms with Crippen LogP contribution in [0.5, 0.6) is 11.5 Å². The molecule has 0 amide bonds. The second kappa shape index (κ2) is 7.30. The normalized spacial score (nSPS) is 17.0. The van der Waals surface area contributed by atoms with Crippen molar-refractivity contribution in [3.05, 3.63) is 23.3 Å². The SMILES string of the molecule is COc1cc(C)cc(OC)c1[C@@H](CC#N)N1CCNCC1. The monoisotopic (exact) mass is 289 g/mol. The van der Waals surface area contributed by atoms with Gasteiger partial charge in [0.05, 0.1) is 38.3 Å². The van der Waals surface area contributed by atoms with E-state index >= 15 is 0 Å². The molecule has 0 unspecified atom stereocenters. The number of rotatable bonds is 5. The number of nitriles is 1. The standard InChI is InChI=1S/C16H23N3O2/c1-12-10-14(20-2)16(15(11-12)21-3)13(4-5-17)19-8-6-18-7-9-19/h10-11,13,18H,4,6-9H2,1-3H3/t13-/m1/s1. The number of piperazine rings is 1. The van der Waals surface area contributed by atoms with Crippen LogP contribution in [0.3, 0.4) is 0 Å². The van der Waals surface area contributed by atoms with E-state index in [2.05, 4.69) is 16.3 Å². The van der Waals surface area contributed by atoms with E-state index in [4.69, 9.17) is 9.47 Å². The number of aryl methyl sites for hydroxylation is 1. The number of benzene rings is 1. The Hall–Kier alpha value is -1.77. The lowest BCUT2D eigenvalue weighted by Crippen LogP contribution is -2.45. The van der Waals surface area contributed by atoms with Gasteiger partial charge >= 0.3 is 0 Å².